The second kappa shape index (κ2) is 6.75. The van der Waals surface area contributed by atoms with E-state index in [1.165, 1.54) is 7.11 Å². The van der Waals surface area contributed by atoms with Crippen LogP contribution in [0.2, 0.25) is 0 Å². The molecule has 0 aliphatic carbocycles. The molecule has 2 atom stereocenters. The Hall–Kier alpha value is -1.30. The van der Waals surface area contributed by atoms with Gasteiger partial charge in [0.1, 0.15) is 11.6 Å². The molecule has 0 radical (unpaired) electrons. The summed E-state index contributed by atoms with van der Waals surface area (Å²) in [5.41, 5.74) is -0.481. The van der Waals surface area contributed by atoms with E-state index >= 15 is 0 Å². The van der Waals surface area contributed by atoms with Gasteiger partial charge in [0.15, 0.2) is 0 Å². The van der Waals surface area contributed by atoms with Gasteiger partial charge in [-0.1, -0.05) is 0 Å². The minimum atomic E-state index is -0.481. The van der Waals surface area contributed by atoms with Crippen molar-refractivity contribution in [1.29, 1.82) is 0 Å². The van der Waals surface area contributed by atoms with Gasteiger partial charge in [0.25, 0.3) is 0 Å². The Balaban J connectivity index is 2.23. The van der Waals surface area contributed by atoms with Crippen LogP contribution in [0.3, 0.4) is 0 Å². The number of amides is 1. The van der Waals surface area contributed by atoms with E-state index in [0.29, 0.717) is 19.0 Å². The van der Waals surface area contributed by atoms with E-state index in [4.69, 9.17) is 4.74 Å². The maximum Gasteiger partial charge on any atom is 0.407 e. The quantitative estimate of drug-likeness (QED) is 0.751. The minimum Gasteiger partial charge on any atom is -0.468 e. The molecule has 0 bridgehead atoms. The van der Waals surface area contributed by atoms with E-state index in [9.17, 15) is 9.59 Å². The molecule has 1 aliphatic heterocycles. The summed E-state index contributed by atoms with van der Waals surface area (Å²) in [5, 5.41) is 5.87. The SMILES string of the molecule is COC(=O)[C@H]1CC[C@@H](CNC(=O)OC(C)(C)C)CN1. The highest BCUT2D eigenvalue weighted by Gasteiger charge is 2.26. The van der Waals surface area contributed by atoms with E-state index in [2.05, 4.69) is 15.4 Å². The standard InChI is InChI=1S/C13H24N2O4/c1-13(2,3)19-12(17)15-8-9-5-6-10(14-7-9)11(16)18-4/h9-10,14H,5-8H2,1-4H3,(H,15,17)/t9-,10-/m1/s1. The van der Waals surface area contributed by atoms with Gasteiger partial charge in [-0.2, -0.15) is 0 Å². The van der Waals surface area contributed by atoms with Gasteiger partial charge in [0, 0.05) is 13.1 Å². The van der Waals surface area contributed by atoms with E-state index in [-0.39, 0.29) is 12.0 Å². The predicted molar refractivity (Wildman–Crippen MR) is 70.8 cm³/mol. The average molecular weight is 272 g/mol. The number of rotatable bonds is 3. The van der Waals surface area contributed by atoms with Gasteiger partial charge < -0.3 is 20.1 Å². The van der Waals surface area contributed by atoms with Crippen LogP contribution in [0.4, 0.5) is 4.79 Å². The monoisotopic (exact) mass is 272 g/mol. The third-order valence-corrected chi connectivity index (χ3v) is 2.94. The smallest absolute Gasteiger partial charge is 0.407 e. The fourth-order valence-corrected chi connectivity index (χ4v) is 1.97. The number of nitrogens with one attached hydrogen (secondary N) is 2. The van der Waals surface area contributed by atoms with Crippen molar-refractivity contribution in [2.24, 2.45) is 5.92 Å². The van der Waals surface area contributed by atoms with Crippen LogP contribution in [0.15, 0.2) is 0 Å². The van der Waals surface area contributed by atoms with Gasteiger partial charge in [0.05, 0.1) is 7.11 Å². The molecule has 1 heterocycles. The minimum absolute atomic E-state index is 0.220. The number of carbonyl (C=O) groups is 2. The van der Waals surface area contributed by atoms with Crippen molar-refractivity contribution in [3.63, 3.8) is 0 Å². The number of carbonyl (C=O) groups excluding carboxylic acids is 2. The molecule has 0 aromatic carbocycles. The summed E-state index contributed by atoms with van der Waals surface area (Å²) in [5.74, 6) is 0.0898. The predicted octanol–water partition coefficient (Wildman–Crippen LogP) is 1.05. The van der Waals surface area contributed by atoms with Crippen LogP contribution in [0.5, 0.6) is 0 Å². The molecular formula is C13H24N2O4. The van der Waals surface area contributed by atoms with Crippen molar-refractivity contribution < 1.29 is 19.1 Å². The Morgan fingerprint density at radius 2 is 2.00 bits per heavy atom. The van der Waals surface area contributed by atoms with Gasteiger partial charge in [-0.3, -0.25) is 4.79 Å². The number of alkyl carbamates (subject to hydrolysis) is 1. The third kappa shape index (κ3) is 5.92. The first-order valence-corrected chi connectivity index (χ1v) is 6.60. The third-order valence-electron chi connectivity index (χ3n) is 2.94. The Morgan fingerprint density at radius 3 is 2.47 bits per heavy atom. The zero-order chi connectivity index (χ0) is 14.5. The number of piperidine rings is 1. The zero-order valence-electron chi connectivity index (χ0n) is 12.1. The van der Waals surface area contributed by atoms with E-state index in [0.717, 1.165) is 12.8 Å². The number of hydrogen-bond acceptors (Lipinski definition) is 5. The largest absolute Gasteiger partial charge is 0.468 e. The molecule has 6 nitrogen and oxygen atoms in total. The number of hydrogen-bond donors (Lipinski definition) is 2. The lowest BCUT2D eigenvalue weighted by Crippen LogP contribution is -2.47. The zero-order valence-corrected chi connectivity index (χ0v) is 12.1. The van der Waals surface area contributed by atoms with Crippen LogP contribution in [0, 0.1) is 5.92 Å². The molecule has 0 saturated carbocycles. The molecule has 1 rings (SSSR count). The maximum atomic E-state index is 11.5. The molecular weight excluding hydrogens is 248 g/mol. The Kier molecular flexibility index (Phi) is 5.60. The first-order chi connectivity index (χ1) is 8.81. The number of methoxy groups -OCH3 is 1. The van der Waals surface area contributed by atoms with E-state index < -0.39 is 11.7 Å². The van der Waals surface area contributed by atoms with Gasteiger partial charge in [-0.15, -0.1) is 0 Å². The van der Waals surface area contributed by atoms with Crippen LogP contribution in [0.25, 0.3) is 0 Å². The summed E-state index contributed by atoms with van der Waals surface area (Å²) in [7, 11) is 1.39. The first-order valence-electron chi connectivity index (χ1n) is 6.60. The topological polar surface area (TPSA) is 76.7 Å². The van der Waals surface area contributed by atoms with Crippen LogP contribution in [-0.4, -0.2) is 43.9 Å². The van der Waals surface area contributed by atoms with Crippen LogP contribution in [-0.2, 0) is 14.3 Å². The molecule has 0 aromatic heterocycles. The summed E-state index contributed by atoms with van der Waals surface area (Å²) in [6, 6.07) is -0.220. The Labute approximate surface area is 114 Å². The Morgan fingerprint density at radius 1 is 1.32 bits per heavy atom. The molecule has 0 spiro atoms. The summed E-state index contributed by atoms with van der Waals surface area (Å²) in [4.78, 5) is 22.8. The fourth-order valence-electron chi connectivity index (χ4n) is 1.97. The van der Waals surface area contributed by atoms with Gasteiger partial charge >= 0.3 is 12.1 Å². The van der Waals surface area contributed by atoms with Crippen LogP contribution >= 0.6 is 0 Å². The van der Waals surface area contributed by atoms with Crippen molar-refractivity contribution >= 4 is 12.1 Å². The van der Waals surface area contributed by atoms with Gasteiger partial charge in [-0.05, 0) is 39.5 Å². The van der Waals surface area contributed by atoms with E-state index in [1.807, 2.05) is 20.8 Å². The lowest BCUT2D eigenvalue weighted by Gasteiger charge is -2.28. The first kappa shape index (κ1) is 15.8. The molecule has 0 unspecified atom stereocenters. The molecule has 1 fully saturated rings. The van der Waals surface area contributed by atoms with E-state index in [1.54, 1.807) is 0 Å². The number of esters is 1. The number of ether oxygens (including phenoxy) is 2. The van der Waals surface area contributed by atoms with Crippen molar-refractivity contribution in [3.8, 4) is 0 Å². The molecule has 1 amide bonds. The Bertz CT molecular complexity index is 317. The van der Waals surface area contributed by atoms with Crippen LogP contribution in [0.1, 0.15) is 33.6 Å². The van der Waals surface area contributed by atoms with Gasteiger partial charge in [-0.25, -0.2) is 4.79 Å². The second-order valence-electron chi connectivity index (χ2n) is 5.81. The van der Waals surface area contributed by atoms with Crippen molar-refractivity contribution in [2.75, 3.05) is 20.2 Å². The highest BCUT2D eigenvalue weighted by atomic mass is 16.6. The lowest BCUT2D eigenvalue weighted by atomic mass is 9.95. The molecule has 0 aromatic rings. The second-order valence-corrected chi connectivity index (χ2v) is 5.81. The van der Waals surface area contributed by atoms with Crippen molar-refractivity contribution in [2.45, 2.75) is 45.3 Å². The molecule has 110 valence electrons. The van der Waals surface area contributed by atoms with Crippen LogP contribution < -0.4 is 10.6 Å². The summed E-state index contributed by atoms with van der Waals surface area (Å²) in [6.45, 7) is 6.73. The summed E-state index contributed by atoms with van der Waals surface area (Å²) >= 11 is 0. The maximum absolute atomic E-state index is 11.5. The molecule has 1 aliphatic rings. The molecule has 6 heteroatoms. The lowest BCUT2D eigenvalue weighted by molar-refractivity contribution is -0.143. The highest BCUT2D eigenvalue weighted by molar-refractivity contribution is 5.75. The summed E-state index contributed by atoms with van der Waals surface area (Å²) in [6.07, 6.45) is 1.21. The summed E-state index contributed by atoms with van der Waals surface area (Å²) < 4.78 is 9.85. The normalized spacial score (nSPS) is 23.6. The fraction of sp³-hybridized carbons (Fsp3) is 0.846. The van der Waals surface area contributed by atoms with Crippen molar-refractivity contribution in [1.82, 2.24) is 10.6 Å². The van der Waals surface area contributed by atoms with Crippen molar-refractivity contribution in [3.05, 3.63) is 0 Å². The molecule has 1 saturated heterocycles. The molecule has 2 N–H and O–H groups in total. The average Bonchev–Trinajstić information content (AvgIpc) is 2.34. The van der Waals surface area contributed by atoms with Gasteiger partial charge in [0.2, 0.25) is 0 Å². The molecule has 19 heavy (non-hydrogen) atoms. The highest BCUT2D eigenvalue weighted by Crippen LogP contribution is 2.15.